The van der Waals surface area contributed by atoms with Gasteiger partial charge in [0.05, 0.1) is 25.3 Å². The number of carboxylic acids is 3. The first kappa shape index (κ1) is 28.2. The van der Waals surface area contributed by atoms with E-state index < -0.39 is 85.0 Å². The maximum atomic E-state index is 12.5. The second-order valence-electron chi connectivity index (χ2n) is 7.16. The van der Waals surface area contributed by atoms with E-state index in [1.807, 2.05) is 10.6 Å². The van der Waals surface area contributed by atoms with Crippen LogP contribution in [0.5, 0.6) is 0 Å². The van der Waals surface area contributed by atoms with Crippen LogP contribution in [-0.4, -0.2) is 81.0 Å². The zero-order valence-electron chi connectivity index (χ0n) is 17.4. The third-order valence-electron chi connectivity index (χ3n) is 4.06. The molecule has 0 spiro atoms. The average molecular weight is 461 g/mol. The van der Waals surface area contributed by atoms with Gasteiger partial charge >= 0.3 is 17.9 Å². The Labute approximate surface area is 181 Å². The maximum Gasteiger partial charge on any atom is 0.326 e. The highest BCUT2D eigenvalue weighted by atomic mass is 16.4. The van der Waals surface area contributed by atoms with Crippen LogP contribution in [-0.2, 0) is 33.6 Å². The van der Waals surface area contributed by atoms with E-state index in [9.17, 15) is 33.6 Å². The first-order chi connectivity index (χ1) is 14.6. The summed E-state index contributed by atoms with van der Waals surface area (Å²) in [6.45, 7) is 3.22. The van der Waals surface area contributed by atoms with Crippen molar-refractivity contribution in [2.24, 2.45) is 17.4 Å². The highest BCUT2D eigenvalue weighted by Gasteiger charge is 2.33. The fourth-order valence-corrected chi connectivity index (χ4v) is 2.28. The zero-order valence-corrected chi connectivity index (χ0v) is 17.4. The topological polar surface area (TPSA) is 268 Å². The molecule has 0 fully saturated rings. The molecule has 0 radical (unpaired) electrons. The van der Waals surface area contributed by atoms with Crippen molar-refractivity contribution in [1.29, 1.82) is 0 Å². The number of rotatable bonds is 14. The lowest BCUT2D eigenvalue weighted by molar-refractivity contribution is -0.147. The summed E-state index contributed by atoms with van der Waals surface area (Å²) >= 11 is 0. The smallest absolute Gasteiger partial charge is 0.326 e. The van der Waals surface area contributed by atoms with Crippen LogP contribution in [0, 0.1) is 5.92 Å². The molecular formula is C17H27N5O10. The van der Waals surface area contributed by atoms with Gasteiger partial charge in [-0.15, -0.1) is 0 Å². The molecule has 0 heterocycles. The predicted molar refractivity (Wildman–Crippen MR) is 105 cm³/mol. The molecule has 10 N–H and O–H groups in total. The van der Waals surface area contributed by atoms with Crippen LogP contribution in [0.15, 0.2) is 0 Å². The highest BCUT2D eigenvalue weighted by Crippen LogP contribution is 2.03. The molecule has 0 bridgehead atoms. The van der Waals surface area contributed by atoms with E-state index >= 15 is 0 Å². The van der Waals surface area contributed by atoms with Gasteiger partial charge in [0.2, 0.25) is 23.6 Å². The van der Waals surface area contributed by atoms with E-state index in [-0.39, 0.29) is 5.92 Å². The van der Waals surface area contributed by atoms with Crippen LogP contribution in [0.1, 0.15) is 33.1 Å². The standard InChI is InChI=1S/C17H27N5O10/c1-6(2)13(19)16(30)21-8(4-11(24)25)15(29)20-7(3-10(18)23)14(28)22-9(17(31)32)5-12(26)27/h6-9,13H,3-5,19H2,1-2H3,(H2,18,23)(H,20,29)(H,21,30)(H,22,28)(H,24,25)(H,26,27)(H,31,32). The van der Waals surface area contributed by atoms with Crippen LogP contribution < -0.4 is 27.4 Å². The van der Waals surface area contributed by atoms with Gasteiger partial charge in [0.25, 0.3) is 0 Å². The number of carbonyl (C=O) groups is 7. The zero-order chi connectivity index (χ0) is 25.2. The number of primary amides is 1. The summed E-state index contributed by atoms with van der Waals surface area (Å²) in [7, 11) is 0. The second kappa shape index (κ2) is 12.8. The monoisotopic (exact) mass is 461 g/mol. The lowest BCUT2D eigenvalue weighted by Gasteiger charge is -2.24. The van der Waals surface area contributed by atoms with Crippen molar-refractivity contribution < 1.29 is 48.9 Å². The molecule has 0 rings (SSSR count). The van der Waals surface area contributed by atoms with Crippen LogP contribution in [0.25, 0.3) is 0 Å². The second-order valence-corrected chi connectivity index (χ2v) is 7.16. The summed E-state index contributed by atoms with van der Waals surface area (Å²) in [6.07, 6.45) is -2.72. The van der Waals surface area contributed by atoms with Crippen molar-refractivity contribution in [3.05, 3.63) is 0 Å². The molecule has 4 unspecified atom stereocenters. The fourth-order valence-electron chi connectivity index (χ4n) is 2.28. The molecule has 0 aliphatic carbocycles. The normalized spacial score (nSPS) is 14.4. The van der Waals surface area contributed by atoms with Gasteiger partial charge in [0, 0.05) is 0 Å². The third-order valence-corrected chi connectivity index (χ3v) is 4.06. The lowest BCUT2D eigenvalue weighted by atomic mass is 10.0. The van der Waals surface area contributed by atoms with Crippen molar-refractivity contribution in [1.82, 2.24) is 16.0 Å². The summed E-state index contributed by atoms with van der Waals surface area (Å²) in [5, 5.41) is 32.8. The molecule has 0 aliphatic rings. The molecule has 0 aromatic rings. The van der Waals surface area contributed by atoms with E-state index in [0.717, 1.165) is 0 Å². The van der Waals surface area contributed by atoms with Gasteiger partial charge < -0.3 is 42.7 Å². The Morgan fingerprint density at radius 3 is 1.44 bits per heavy atom. The number of carbonyl (C=O) groups excluding carboxylic acids is 4. The van der Waals surface area contributed by atoms with Gasteiger partial charge in [-0.2, -0.15) is 0 Å². The van der Waals surface area contributed by atoms with E-state index in [1.54, 1.807) is 13.8 Å². The largest absolute Gasteiger partial charge is 0.481 e. The summed E-state index contributed by atoms with van der Waals surface area (Å²) in [4.78, 5) is 81.3. The molecule has 0 saturated carbocycles. The molecule has 4 amide bonds. The minimum Gasteiger partial charge on any atom is -0.481 e. The number of nitrogens with two attached hydrogens (primary N) is 2. The Kier molecular flexibility index (Phi) is 11.3. The van der Waals surface area contributed by atoms with Crippen molar-refractivity contribution >= 4 is 41.5 Å². The molecule has 0 aromatic heterocycles. The van der Waals surface area contributed by atoms with E-state index in [4.69, 9.17) is 26.8 Å². The van der Waals surface area contributed by atoms with Crippen molar-refractivity contribution in [3.8, 4) is 0 Å². The Hall–Kier alpha value is -3.75. The molecule has 0 aromatic carbocycles. The predicted octanol–water partition coefficient (Wildman–Crippen LogP) is -3.67. The average Bonchev–Trinajstić information content (AvgIpc) is 2.64. The van der Waals surface area contributed by atoms with Gasteiger partial charge in [-0.3, -0.25) is 28.8 Å². The third kappa shape index (κ3) is 10.3. The molecule has 15 heteroatoms. The summed E-state index contributed by atoms with van der Waals surface area (Å²) in [5.41, 5.74) is 10.7. The molecule has 0 aliphatic heterocycles. The maximum absolute atomic E-state index is 12.5. The number of nitrogens with one attached hydrogen (secondary N) is 3. The molecule has 0 saturated heterocycles. The Bertz CT molecular complexity index is 769. The number of amides is 4. The molecule has 15 nitrogen and oxygen atoms in total. The quantitative estimate of drug-likeness (QED) is 0.125. The Morgan fingerprint density at radius 1 is 0.688 bits per heavy atom. The fraction of sp³-hybridized carbons (Fsp3) is 0.588. The number of aliphatic carboxylic acids is 3. The van der Waals surface area contributed by atoms with Crippen LogP contribution in [0.2, 0.25) is 0 Å². The van der Waals surface area contributed by atoms with Gasteiger partial charge in [-0.25, -0.2) is 4.79 Å². The molecule has 180 valence electrons. The van der Waals surface area contributed by atoms with Crippen LogP contribution >= 0.6 is 0 Å². The van der Waals surface area contributed by atoms with E-state index in [2.05, 4.69) is 5.32 Å². The SMILES string of the molecule is CC(C)C(N)C(=O)NC(CC(=O)O)C(=O)NC(CC(N)=O)C(=O)NC(CC(=O)O)C(=O)O. The van der Waals surface area contributed by atoms with E-state index in [1.165, 1.54) is 0 Å². The Balaban J connectivity index is 5.58. The summed E-state index contributed by atoms with van der Waals surface area (Å²) in [6, 6.07) is -6.42. The lowest BCUT2D eigenvalue weighted by Crippen LogP contribution is -2.58. The first-order valence-electron chi connectivity index (χ1n) is 9.27. The van der Waals surface area contributed by atoms with Crippen LogP contribution in [0.4, 0.5) is 0 Å². The van der Waals surface area contributed by atoms with E-state index in [0.29, 0.717) is 0 Å². The van der Waals surface area contributed by atoms with Gasteiger partial charge in [0.15, 0.2) is 0 Å². The minimum atomic E-state index is -1.88. The number of carboxylic acid groups (broad SMARTS) is 3. The number of hydrogen-bond acceptors (Lipinski definition) is 8. The molecule has 4 atom stereocenters. The summed E-state index contributed by atoms with van der Waals surface area (Å²) < 4.78 is 0. The van der Waals surface area contributed by atoms with Gasteiger partial charge in [-0.05, 0) is 5.92 Å². The molecule has 32 heavy (non-hydrogen) atoms. The highest BCUT2D eigenvalue weighted by molar-refractivity contribution is 5.97. The van der Waals surface area contributed by atoms with Crippen molar-refractivity contribution in [2.75, 3.05) is 0 Å². The van der Waals surface area contributed by atoms with Crippen molar-refractivity contribution in [3.63, 3.8) is 0 Å². The first-order valence-corrected chi connectivity index (χ1v) is 9.27. The Morgan fingerprint density at radius 2 is 1.06 bits per heavy atom. The van der Waals surface area contributed by atoms with Crippen LogP contribution in [0.3, 0.4) is 0 Å². The summed E-state index contributed by atoms with van der Waals surface area (Å²) in [5.74, 6) is -9.44. The van der Waals surface area contributed by atoms with Crippen molar-refractivity contribution in [2.45, 2.75) is 57.3 Å². The van der Waals surface area contributed by atoms with Gasteiger partial charge in [0.1, 0.15) is 18.1 Å². The molecular weight excluding hydrogens is 434 g/mol. The number of hydrogen-bond donors (Lipinski definition) is 8. The minimum absolute atomic E-state index is 0.348. The van der Waals surface area contributed by atoms with Gasteiger partial charge in [-0.1, -0.05) is 13.8 Å².